The van der Waals surface area contributed by atoms with Gasteiger partial charge in [-0.1, -0.05) is 12.1 Å². The smallest absolute Gasteiger partial charge is 0.273 e. The maximum absolute atomic E-state index is 12.6. The molecule has 10 heteroatoms. The van der Waals surface area contributed by atoms with Crippen molar-refractivity contribution in [1.29, 1.82) is 0 Å². The molecule has 1 amide bonds. The summed E-state index contributed by atoms with van der Waals surface area (Å²) >= 11 is 5.24. The second-order valence-corrected chi connectivity index (χ2v) is 8.20. The van der Waals surface area contributed by atoms with Gasteiger partial charge < -0.3 is 14.8 Å². The number of nitro benzene ring substituents is 1. The van der Waals surface area contributed by atoms with Crippen LogP contribution in [0.4, 0.5) is 11.4 Å². The number of nitrogens with one attached hydrogen (secondary N) is 2. The van der Waals surface area contributed by atoms with Gasteiger partial charge in [0, 0.05) is 22.9 Å². The number of carbonyl (C=O) groups excluding carboxylic acids is 1. The molecule has 0 spiro atoms. The highest BCUT2D eigenvalue weighted by molar-refractivity contribution is 7.80. The topological polar surface area (TPSA) is 131 Å². The number of fused-ring (bicyclic) bond motifs is 1. The molecule has 0 aliphatic rings. The van der Waals surface area contributed by atoms with Crippen molar-refractivity contribution in [2.24, 2.45) is 0 Å². The Morgan fingerprint density at radius 2 is 1.91 bits per heavy atom. The lowest BCUT2D eigenvalue weighted by Gasteiger charge is -2.12. The van der Waals surface area contributed by atoms with Gasteiger partial charge in [0.25, 0.3) is 11.6 Å². The third-order valence-electron chi connectivity index (χ3n) is 5.28. The third kappa shape index (κ3) is 4.44. The molecule has 4 aromatic rings. The summed E-state index contributed by atoms with van der Waals surface area (Å²) in [4.78, 5) is 27.7. The number of phenols is 1. The van der Waals surface area contributed by atoms with Crippen LogP contribution in [0.5, 0.6) is 5.75 Å². The van der Waals surface area contributed by atoms with Crippen molar-refractivity contribution in [3.05, 3.63) is 80.9 Å². The number of phenolic OH excluding ortho intramolecular Hbond substituents is 1. The molecule has 0 aliphatic heterocycles. The Labute approximate surface area is 199 Å². The highest BCUT2D eigenvalue weighted by Crippen LogP contribution is 2.34. The Morgan fingerprint density at radius 3 is 2.65 bits per heavy atom. The Kier molecular flexibility index (Phi) is 5.99. The van der Waals surface area contributed by atoms with Crippen molar-refractivity contribution < 1.29 is 19.2 Å². The molecule has 3 N–H and O–H groups in total. The molecule has 3 aromatic carbocycles. The van der Waals surface area contributed by atoms with E-state index in [9.17, 15) is 20.0 Å². The van der Waals surface area contributed by atoms with Crippen molar-refractivity contribution in [3.63, 3.8) is 0 Å². The lowest BCUT2D eigenvalue weighted by molar-refractivity contribution is -0.385. The van der Waals surface area contributed by atoms with Crippen molar-refractivity contribution in [3.8, 4) is 17.2 Å². The number of aromatic hydroxyl groups is 1. The average Bonchev–Trinajstić information content (AvgIpc) is 3.19. The van der Waals surface area contributed by atoms with Gasteiger partial charge in [-0.25, -0.2) is 4.98 Å². The molecule has 0 radical (unpaired) electrons. The van der Waals surface area contributed by atoms with Gasteiger partial charge in [0.1, 0.15) is 11.3 Å². The van der Waals surface area contributed by atoms with Crippen LogP contribution >= 0.6 is 12.2 Å². The van der Waals surface area contributed by atoms with Crippen molar-refractivity contribution >= 4 is 45.7 Å². The van der Waals surface area contributed by atoms with Gasteiger partial charge in [0.15, 0.2) is 10.7 Å². The summed E-state index contributed by atoms with van der Waals surface area (Å²) in [5, 5.41) is 26.9. The Bertz CT molecular complexity index is 1480. The molecule has 1 aromatic heterocycles. The number of benzene rings is 3. The summed E-state index contributed by atoms with van der Waals surface area (Å²) in [5.74, 6) is -0.372. The predicted molar refractivity (Wildman–Crippen MR) is 132 cm³/mol. The molecule has 0 atom stereocenters. The number of oxazole rings is 1. The maximum Gasteiger partial charge on any atom is 0.273 e. The number of amides is 1. The summed E-state index contributed by atoms with van der Waals surface area (Å²) in [5.41, 5.74) is 4.34. The molecule has 0 saturated heterocycles. The second kappa shape index (κ2) is 8.91. The van der Waals surface area contributed by atoms with Crippen molar-refractivity contribution in [1.82, 2.24) is 10.3 Å². The number of thiocarbonyl (C=S) groups is 1. The van der Waals surface area contributed by atoms with E-state index in [1.165, 1.54) is 31.2 Å². The molecule has 9 nitrogen and oxygen atoms in total. The Hall–Kier alpha value is -4.31. The van der Waals surface area contributed by atoms with E-state index in [1.807, 2.05) is 26.0 Å². The summed E-state index contributed by atoms with van der Waals surface area (Å²) in [7, 11) is 0. The number of rotatable bonds is 4. The Balaban J connectivity index is 1.56. The van der Waals surface area contributed by atoms with Gasteiger partial charge in [-0.3, -0.25) is 20.2 Å². The molecule has 0 saturated carbocycles. The second-order valence-electron chi connectivity index (χ2n) is 7.80. The molecule has 0 fully saturated rings. The zero-order valence-corrected chi connectivity index (χ0v) is 19.3. The van der Waals surface area contributed by atoms with Gasteiger partial charge in [-0.2, -0.15) is 0 Å². The zero-order valence-electron chi connectivity index (χ0n) is 18.5. The van der Waals surface area contributed by atoms with Gasteiger partial charge in [-0.15, -0.1) is 0 Å². The van der Waals surface area contributed by atoms with Crippen LogP contribution in [-0.4, -0.2) is 26.0 Å². The molecule has 0 aliphatic carbocycles. The van der Waals surface area contributed by atoms with Gasteiger partial charge in [0.05, 0.1) is 10.5 Å². The lowest BCUT2D eigenvalue weighted by atomic mass is 10.1. The lowest BCUT2D eigenvalue weighted by Crippen LogP contribution is -2.34. The maximum atomic E-state index is 12.6. The van der Waals surface area contributed by atoms with E-state index in [1.54, 1.807) is 12.1 Å². The summed E-state index contributed by atoms with van der Waals surface area (Å²) in [6, 6.07) is 12.8. The molecule has 0 unspecified atom stereocenters. The van der Waals surface area contributed by atoms with Gasteiger partial charge >= 0.3 is 0 Å². The van der Waals surface area contributed by atoms with Crippen LogP contribution < -0.4 is 10.6 Å². The van der Waals surface area contributed by atoms with Crippen molar-refractivity contribution in [2.75, 3.05) is 5.32 Å². The van der Waals surface area contributed by atoms with E-state index in [0.717, 1.165) is 11.1 Å². The number of aryl methyl sites for hydroxylation is 2. The minimum atomic E-state index is -0.581. The standard InChI is InChI=1S/C24H20N4O5S/c1-12-9-13(2)21-18(10-12)26-23(33-21)17-11-15(7-8-20(17)29)25-24(34)27-22(30)16-5-4-6-19(14(16)3)28(31)32/h4-11,29H,1-3H3,(H2,25,27,30,34). The monoisotopic (exact) mass is 476 g/mol. The molecular formula is C24H20N4O5S. The van der Waals surface area contributed by atoms with Crippen LogP contribution in [0.15, 0.2) is 52.9 Å². The number of nitrogens with zero attached hydrogens (tertiary/aromatic N) is 2. The van der Waals surface area contributed by atoms with Crippen molar-refractivity contribution in [2.45, 2.75) is 20.8 Å². The van der Waals surface area contributed by atoms with E-state index in [2.05, 4.69) is 15.6 Å². The molecule has 4 rings (SSSR count). The van der Waals surface area contributed by atoms with Crippen LogP contribution in [-0.2, 0) is 0 Å². The number of hydrogen-bond donors (Lipinski definition) is 3. The van der Waals surface area contributed by atoms with Crippen LogP contribution in [0.3, 0.4) is 0 Å². The van der Waals surface area contributed by atoms with Crippen LogP contribution in [0.1, 0.15) is 27.0 Å². The predicted octanol–water partition coefficient (Wildman–Crippen LogP) is 5.16. The first-order valence-corrected chi connectivity index (χ1v) is 10.6. The molecule has 172 valence electrons. The fraction of sp³-hybridized carbons (Fsp3) is 0.125. The first kappa shape index (κ1) is 22.9. The molecule has 0 bridgehead atoms. The quantitative estimate of drug-likeness (QED) is 0.159. The average molecular weight is 477 g/mol. The Morgan fingerprint density at radius 1 is 1.15 bits per heavy atom. The fourth-order valence-electron chi connectivity index (χ4n) is 3.68. The SMILES string of the molecule is Cc1cc(C)c2oc(-c3cc(NC(=S)NC(=O)c4cccc([N+](=O)[O-])c4C)ccc3O)nc2c1. The fourth-order valence-corrected chi connectivity index (χ4v) is 3.89. The molecule has 34 heavy (non-hydrogen) atoms. The summed E-state index contributed by atoms with van der Waals surface area (Å²) in [6.07, 6.45) is 0. The van der Waals surface area contributed by atoms with Crippen LogP contribution in [0, 0.1) is 30.9 Å². The number of anilines is 1. The van der Waals surface area contributed by atoms with Crippen LogP contribution in [0.2, 0.25) is 0 Å². The summed E-state index contributed by atoms with van der Waals surface area (Å²) < 4.78 is 5.89. The number of aromatic nitrogens is 1. The highest BCUT2D eigenvalue weighted by Gasteiger charge is 2.19. The van der Waals surface area contributed by atoms with Crippen LogP contribution in [0.25, 0.3) is 22.6 Å². The minimum Gasteiger partial charge on any atom is -0.507 e. The number of hydrogen-bond acceptors (Lipinski definition) is 7. The minimum absolute atomic E-state index is 0.0171. The van der Waals surface area contributed by atoms with E-state index in [4.69, 9.17) is 16.6 Å². The highest BCUT2D eigenvalue weighted by atomic mass is 32.1. The largest absolute Gasteiger partial charge is 0.507 e. The first-order chi connectivity index (χ1) is 16.1. The first-order valence-electron chi connectivity index (χ1n) is 10.2. The van der Waals surface area contributed by atoms with E-state index in [-0.39, 0.29) is 33.6 Å². The third-order valence-corrected chi connectivity index (χ3v) is 5.48. The zero-order chi connectivity index (χ0) is 24.6. The normalized spacial score (nSPS) is 10.8. The van der Waals surface area contributed by atoms with E-state index in [0.29, 0.717) is 22.4 Å². The van der Waals surface area contributed by atoms with E-state index >= 15 is 0 Å². The van der Waals surface area contributed by atoms with Gasteiger partial charge in [-0.05, 0) is 74.4 Å². The summed E-state index contributed by atoms with van der Waals surface area (Å²) in [6.45, 7) is 5.39. The van der Waals surface area contributed by atoms with E-state index < -0.39 is 10.8 Å². The van der Waals surface area contributed by atoms with Gasteiger partial charge in [0.2, 0.25) is 5.89 Å². The number of nitro groups is 1. The molecular weight excluding hydrogens is 456 g/mol. The number of carbonyl (C=O) groups is 1. The molecule has 1 heterocycles.